The maximum atomic E-state index is 14.1. The standard InChI is InChI=1S/C28H26F4N4O3.ClH/c29-20-3-1-2-19(12-20)16-4-6-18(7-5-16)24(28(30,31)32)39-23-13-21(35-26(33)36-23)17-8-10-27(11-9-17)14-22(25(37)38)34-15-27;/h1-8,12-13,22,24,34H,9-11,14-15H2,(H,37,38)(H2,33,35,36);1H. The molecule has 1 saturated heterocycles. The third-order valence-corrected chi connectivity index (χ3v) is 7.32. The molecule has 0 amide bonds. The number of carbonyl (C=O) groups is 1. The smallest absolute Gasteiger partial charge is 0.429 e. The van der Waals surface area contributed by atoms with Gasteiger partial charge in [-0.3, -0.25) is 4.79 Å². The van der Waals surface area contributed by atoms with Crippen molar-refractivity contribution in [3.05, 3.63) is 77.7 Å². The van der Waals surface area contributed by atoms with Gasteiger partial charge in [0.25, 0.3) is 0 Å². The van der Waals surface area contributed by atoms with Crippen molar-refractivity contribution in [2.45, 2.75) is 44.0 Å². The van der Waals surface area contributed by atoms with Gasteiger partial charge < -0.3 is 20.9 Å². The van der Waals surface area contributed by atoms with Crippen molar-refractivity contribution in [2.75, 3.05) is 12.3 Å². The normalized spacial score (nSPS) is 21.4. The van der Waals surface area contributed by atoms with E-state index in [9.17, 15) is 27.5 Å². The molecule has 2 aromatic carbocycles. The molecule has 1 aliphatic heterocycles. The zero-order valence-corrected chi connectivity index (χ0v) is 21.9. The first-order chi connectivity index (χ1) is 18.5. The van der Waals surface area contributed by atoms with E-state index in [0.29, 0.717) is 49.0 Å². The van der Waals surface area contributed by atoms with Crippen molar-refractivity contribution in [2.24, 2.45) is 5.41 Å². The molecule has 3 aromatic rings. The topological polar surface area (TPSA) is 110 Å². The average Bonchev–Trinajstić information content (AvgIpc) is 3.31. The summed E-state index contributed by atoms with van der Waals surface area (Å²) < 4.78 is 61.1. The van der Waals surface area contributed by atoms with E-state index in [4.69, 9.17) is 10.5 Å². The fourth-order valence-corrected chi connectivity index (χ4v) is 5.24. The lowest BCUT2D eigenvalue weighted by molar-refractivity contribution is -0.198. The predicted molar refractivity (Wildman–Crippen MR) is 143 cm³/mol. The molecule has 0 radical (unpaired) electrons. The fraction of sp³-hybridized carbons (Fsp3) is 0.321. The number of nitrogens with zero attached hydrogens (tertiary/aromatic N) is 2. The SMILES string of the molecule is Cl.Nc1nc(OC(c2ccc(-c3cccc(F)c3)cc2)C(F)(F)F)cc(C2=CCC3(CC2)CNC(C(=O)O)C3)n1. The van der Waals surface area contributed by atoms with Crippen molar-refractivity contribution in [1.29, 1.82) is 0 Å². The maximum absolute atomic E-state index is 14.1. The molecule has 1 aromatic heterocycles. The van der Waals surface area contributed by atoms with Crippen LogP contribution >= 0.6 is 12.4 Å². The van der Waals surface area contributed by atoms with Crippen LogP contribution in [-0.4, -0.2) is 39.8 Å². The number of ether oxygens (including phenoxy) is 1. The Morgan fingerprint density at radius 3 is 2.48 bits per heavy atom. The van der Waals surface area contributed by atoms with E-state index < -0.39 is 30.1 Å². The van der Waals surface area contributed by atoms with Gasteiger partial charge in [0.05, 0.1) is 5.69 Å². The Balaban J connectivity index is 0.00000370. The van der Waals surface area contributed by atoms with Crippen LogP contribution in [0.2, 0.25) is 0 Å². The number of nitrogens with two attached hydrogens (primary N) is 1. The quantitative estimate of drug-likeness (QED) is 0.309. The van der Waals surface area contributed by atoms with Crippen LogP contribution in [0.15, 0.2) is 60.7 Å². The van der Waals surface area contributed by atoms with Gasteiger partial charge in [-0.1, -0.05) is 42.5 Å². The van der Waals surface area contributed by atoms with Crippen molar-refractivity contribution in [3.63, 3.8) is 0 Å². The Morgan fingerprint density at radius 2 is 1.88 bits per heavy atom. The van der Waals surface area contributed by atoms with E-state index in [1.165, 1.54) is 48.5 Å². The largest absolute Gasteiger partial charge is 0.480 e. The van der Waals surface area contributed by atoms with Crippen LogP contribution < -0.4 is 15.8 Å². The maximum Gasteiger partial charge on any atom is 0.429 e. The molecule has 40 heavy (non-hydrogen) atoms. The van der Waals surface area contributed by atoms with Crippen LogP contribution in [-0.2, 0) is 4.79 Å². The van der Waals surface area contributed by atoms with Gasteiger partial charge in [0, 0.05) is 18.2 Å². The minimum atomic E-state index is -4.76. The monoisotopic (exact) mass is 578 g/mol. The van der Waals surface area contributed by atoms with Gasteiger partial charge in [-0.05, 0) is 59.9 Å². The summed E-state index contributed by atoms with van der Waals surface area (Å²) in [6.45, 7) is 0.583. The molecular formula is C28H27ClF4N4O3. The molecule has 0 saturated carbocycles. The fourth-order valence-electron chi connectivity index (χ4n) is 5.24. The second-order valence-electron chi connectivity index (χ2n) is 10.0. The average molecular weight is 579 g/mol. The molecule has 212 valence electrons. The van der Waals surface area contributed by atoms with Gasteiger partial charge in [-0.15, -0.1) is 12.4 Å². The molecule has 0 bridgehead atoms. The minimum Gasteiger partial charge on any atom is -0.480 e. The zero-order chi connectivity index (χ0) is 27.8. The number of anilines is 1. The molecule has 3 atom stereocenters. The molecule has 5 rings (SSSR count). The van der Waals surface area contributed by atoms with Gasteiger partial charge in [-0.2, -0.15) is 18.2 Å². The van der Waals surface area contributed by atoms with Crippen LogP contribution in [0.3, 0.4) is 0 Å². The Bertz CT molecular complexity index is 1420. The third kappa shape index (κ3) is 6.37. The second-order valence-corrected chi connectivity index (χ2v) is 10.0. The molecule has 2 aliphatic rings. The Hall–Kier alpha value is -3.70. The number of allylic oxidation sites excluding steroid dienone is 2. The van der Waals surface area contributed by atoms with E-state index in [1.54, 1.807) is 6.07 Å². The highest BCUT2D eigenvalue weighted by Crippen LogP contribution is 2.45. The number of nitrogen functional groups attached to an aromatic ring is 1. The number of alkyl halides is 3. The van der Waals surface area contributed by atoms with Crippen LogP contribution in [0.4, 0.5) is 23.5 Å². The van der Waals surface area contributed by atoms with Crippen LogP contribution in [0, 0.1) is 11.2 Å². The first kappa shape index (κ1) is 29.3. The number of aliphatic carboxylic acids is 1. The molecule has 7 nitrogen and oxygen atoms in total. The minimum absolute atomic E-state index is 0. The van der Waals surface area contributed by atoms with Gasteiger partial charge in [-0.25, -0.2) is 9.37 Å². The summed E-state index contributed by atoms with van der Waals surface area (Å²) in [6.07, 6.45) is -2.74. The van der Waals surface area contributed by atoms with Crippen LogP contribution in [0.1, 0.15) is 43.0 Å². The number of aromatic nitrogens is 2. The number of hydrogen-bond donors (Lipinski definition) is 3. The van der Waals surface area contributed by atoms with Gasteiger partial charge in [0.2, 0.25) is 17.9 Å². The van der Waals surface area contributed by atoms with Crippen molar-refractivity contribution in [3.8, 4) is 17.0 Å². The number of rotatable bonds is 6. The Kier molecular flexibility index (Phi) is 8.36. The highest BCUT2D eigenvalue weighted by molar-refractivity contribution is 5.85. The summed E-state index contributed by atoms with van der Waals surface area (Å²) in [5.41, 5.74) is 7.77. The van der Waals surface area contributed by atoms with E-state index in [1.807, 2.05) is 6.08 Å². The third-order valence-electron chi connectivity index (χ3n) is 7.32. The number of nitrogens with one attached hydrogen (secondary N) is 1. The predicted octanol–water partition coefficient (Wildman–Crippen LogP) is 5.97. The summed E-state index contributed by atoms with van der Waals surface area (Å²) in [5, 5.41) is 12.3. The lowest BCUT2D eigenvalue weighted by Gasteiger charge is -2.31. The second kappa shape index (κ2) is 11.4. The Labute approximate surface area is 233 Å². The summed E-state index contributed by atoms with van der Waals surface area (Å²) in [6, 6.07) is 12.0. The van der Waals surface area contributed by atoms with E-state index in [-0.39, 0.29) is 35.2 Å². The van der Waals surface area contributed by atoms with Gasteiger partial charge in [0.15, 0.2) is 0 Å². The van der Waals surface area contributed by atoms with Gasteiger partial charge >= 0.3 is 12.1 Å². The Morgan fingerprint density at radius 1 is 1.12 bits per heavy atom. The lowest BCUT2D eigenvalue weighted by atomic mass is 9.73. The van der Waals surface area contributed by atoms with Crippen LogP contribution in [0.5, 0.6) is 5.88 Å². The molecule has 1 spiro atoms. The summed E-state index contributed by atoms with van der Waals surface area (Å²) in [7, 11) is 0. The molecule has 12 heteroatoms. The summed E-state index contributed by atoms with van der Waals surface area (Å²) >= 11 is 0. The van der Waals surface area contributed by atoms with Crippen molar-refractivity contribution >= 4 is 29.9 Å². The van der Waals surface area contributed by atoms with Crippen molar-refractivity contribution in [1.82, 2.24) is 15.3 Å². The van der Waals surface area contributed by atoms with Crippen molar-refractivity contribution < 1.29 is 32.2 Å². The summed E-state index contributed by atoms with van der Waals surface area (Å²) in [4.78, 5) is 19.4. The first-order valence-electron chi connectivity index (χ1n) is 12.4. The number of benzene rings is 2. The number of carboxylic acids is 1. The zero-order valence-electron chi connectivity index (χ0n) is 21.1. The molecule has 1 fully saturated rings. The lowest BCUT2D eigenvalue weighted by Crippen LogP contribution is -2.30. The highest BCUT2D eigenvalue weighted by Gasteiger charge is 2.44. The van der Waals surface area contributed by atoms with E-state index >= 15 is 0 Å². The number of hydrogen-bond acceptors (Lipinski definition) is 6. The molecular weight excluding hydrogens is 552 g/mol. The molecule has 3 unspecified atom stereocenters. The number of halogens is 5. The van der Waals surface area contributed by atoms with E-state index in [0.717, 1.165) is 5.57 Å². The molecule has 4 N–H and O–H groups in total. The van der Waals surface area contributed by atoms with Gasteiger partial charge in [0.1, 0.15) is 11.9 Å². The number of carboxylic acid groups (broad SMARTS) is 1. The van der Waals surface area contributed by atoms with E-state index in [2.05, 4.69) is 15.3 Å². The van der Waals surface area contributed by atoms with Crippen LogP contribution in [0.25, 0.3) is 16.7 Å². The first-order valence-corrected chi connectivity index (χ1v) is 12.4. The highest BCUT2D eigenvalue weighted by atomic mass is 35.5. The summed E-state index contributed by atoms with van der Waals surface area (Å²) in [5.74, 6) is -1.86. The molecule has 1 aliphatic carbocycles. The molecule has 2 heterocycles.